The number of nitrogens with one attached hydrogen (secondary N) is 1. The van der Waals surface area contributed by atoms with E-state index in [2.05, 4.69) is 15.3 Å². The van der Waals surface area contributed by atoms with Gasteiger partial charge in [0.25, 0.3) is 0 Å². The van der Waals surface area contributed by atoms with Gasteiger partial charge in [-0.25, -0.2) is 14.8 Å². The third-order valence-corrected chi connectivity index (χ3v) is 3.24. The van der Waals surface area contributed by atoms with Crippen LogP contribution in [0, 0.1) is 0 Å². The topological polar surface area (TPSA) is 89.1 Å². The first-order valence-corrected chi connectivity index (χ1v) is 6.72. The number of nitrogens with zero attached hydrogens (tertiary/aromatic N) is 4. The number of fused-ring (bicyclic) bond motifs is 1. The van der Waals surface area contributed by atoms with E-state index < -0.39 is 0 Å². The number of anilines is 3. The zero-order valence-corrected chi connectivity index (χ0v) is 12.3. The second-order valence-electron chi connectivity index (χ2n) is 5.09. The highest BCUT2D eigenvalue weighted by Crippen LogP contribution is 2.23. The van der Waals surface area contributed by atoms with Crippen molar-refractivity contribution in [3.8, 4) is 0 Å². The monoisotopic (exact) mass is 296 g/mol. The maximum Gasteiger partial charge on any atom is 0.328 e. The van der Waals surface area contributed by atoms with Gasteiger partial charge >= 0.3 is 6.03 Å². The molecule has 0 bridgehead atoms. The van der Waals surface area contributed by atoms with Gasteiger partial charge in [-0.15, -0.1) is 0 Å². The van der Waals surface area contributed by atoms with Crippen molar-refractivity contribution in [3.05, 3.63) is 42.9 Å². The number of hydrogen-bond acceptors (Lipinski definition) is 5. The van der Waals surface area contributed by atoms with E-state index in [1.807, 2.05) is 24.3 Å². The molecule has 2 heterocycles. The number of rotatable bonds is 2. The molecule has 0 aliphatic heterocycles. The van der Waals surface area contributed by atoms with E-state index >= 15 is 0 Å². The summed E-state index contributed by atoms with van der Waals surface area (Å²) >= 11 is 0. The second-order valence-corrected chi connectivity index (χ2v) is 5.09. The van der Waals surface area contributed by atoms with Crippen LogP contribution in [0.1, 0.15) is 0 Å². The summed E-state index contributed by atoms with van der Waals surface area (Å²) in [7, 11) is 3.44. The minimum absolute atomic E-state index is 0.0987. The Morgan fingerprint density at radius 2 is 2.05 bits per heavy atom. The minimum atomic E-state index is -0.0987. The van der Waals surface area contributed by atoms with Crippen molar-refractivity contribution in [1.29, 1.82) is 0 Å². The van der Waals surface area contributed by atoms with Crippen LogP contribution in [0.15, 0.2) is 42.9 Å². The molecule has 0 fully saturated rings. The van der Waals surface area contributed by atoms with Gasteiger partial charge in [0.05, 0.1) is 5.52 Å². The molecule has 0 saturated carbocycles. The van der Waals surface area contributed by atoms with Crippen molar-refractivity contribution in [2.45, 2.75) is 0 Å². The third-order valence-electron chi connectivity index (χ3n) is 3.24. The van der Waals surface area contributed by atoms with E-state index in [0.29, 0.717) is 11.6 Å². The first-order chi connectivity index (χ1) is 10.5. The zero-order valence-electron chi connectivity index (χ0n) is 12.3. The highest BCUT2D eigenvalue weighted by molar-refractivity contribution is 5.93. The highest BCUT2D eigenvalue weighted by atomic mass is 16.2. The largest absolute Gasteiger partial charge is 0.384 e. The molecule has 1 amide bonds. The molecule has 0 unspecified atom stereocenters. The van der Waals surface area contributed by atoms with Crippen LogP contribution in [0.5, 0.6) is 0 Å². The van der Waals surface area contributed by atoms with Gasteiger partial charge in [0.1, 0.15) is 18.0 Å². The molecule has 7 heteroatoms. The van der Waals surface area contributed by atoms with E-state index in [1.165, 1.54) is 11.2 Å². The number of hydrogen-bond donors (Lipinski definition) is 2. The molecule has 0 saturated heterocycles. The van der Waals surface area contributed by atoms with Crippen LogP contribution >= 0.6 is 0 Å². The van der Waals surface area contributed by atoms with Gasteiger partial charge in [0, 0.05) is 37.4 Å². The molecule has 0 atom stereocenters. The third kappa shape index (κ3) is 2.56. The van der Waals surface area contributed by atoms with Crippen LogP contribution in [-0.2, 0) is 0 Å². The van der Waals surface area contributed by atoms with Crippen LogP contribution in [0.3, 0.4) is 0 Å². The van der Waals surface area contributed by atoms with Gasteiger partial charge in [-0.1, -0.05) is 6.07 Å². The average Bonchev–Trinajstić information content (AvgIpc) is 2.89. The molecule has 112 valence electrons. The second kappa shape index (κ2) is 5.36. The highest BCUT2D eigenvalue weighted by Gasteiger charge is 2.11. The van der Waals surface area contributed by atoms with Gasteiger partial charge in [-0.05, 0) is 18.2 Å². The molecular weight excluding hydrogens is 280 g/mol. The number of carbonyl (C=O) groups is 1. The average molecular weight is 296 g/mol. The lowest BCUT2D eigenvalue weighted by Gasteiger charge is -2.12. The van der Waals surface area contributed by atoms with Crippen molar-refractivity contribution >= 4 is 34.3 Å². The smallest absolute Gasteiger partial charge is 0.328 e. The SMILES string of the molecule is CN(C)C(=O)n1ccc2ccc(Nc3cc(N)ncn3)cc21. The van der Waals surface area contributed by atoms with Crippen LogP contribution < -0.4 is 11.1 Å². The van der Waals surface area contributed by atoms with E-state index in [-0.39, 0.29) is 6.03 Å². The van der Waals surface area contributed by atoms with Crippen LogP contribution in [0.4, 0.5) is 22.1 Å². The molecular formula is C15H16N6O. The van der Waals surface area contributed by atoms with E-state index in [4.69, 9.17) is 5.73 Å². The van der Waals surface area contributed by atoms with E-state index in [9.17, 15) is 4.79 Å². The van der Waals surface area contributed by atoms with Gasteiger partial charge in [-0.2, -0.15) is 0 Å². The summed E-state index contributed by atoms with van der Waals surface area (Å²) in [6.45, 7) is 0. The number of aromatic nitrogens is 3. The van der Waals surface area contributed by atoms with Crippen LogP contribution in [0.2, 0.25) is 0 Å². The number of nitrogens with two attached hydrogens (primary N) is 1. The summed E-state index contributed by atoms with van der Waals surface area (Å²) < 4.78 is 1.61. The van der Waals surface area contributed by atoms with Crippen molar-refractivity contribution in [1.82, 2.24) is 19.4 Å². The Bertz CT molecular complexity index is 839. The first-order valence-electron chi connectivity index (χ1n) is 6.72. The van der Waals surface area contributed by atoms with Gasteiger partial charge in [-0.3, -0.25) is 4.57 Å². The Hall–Kier alpha value is -3.09. The lowest BCUT2D eigenvalue weighted by atomic mass is 10.2. The Morgan fingerprint density at radius 1 is 1.23 bits per heavy atom. The number of amides is 1. The number of nitrogen functional groups attached to an aromatic ring is 1. The molecule has 0 spiro atoms. The minimum Gasteiger partial charge on any atom is -0.384 e. The Labute approximate surface area is 127 Å². The van der Waals surface area contributed by atoms with Gasteiger partial charge in [0.15, 0.2) is 0 Å². The quantitative estimate of drug-likeness (QED) is 0.757. The molecule has 3 rings (SSSR count). The van der Waals surface area contributed by atoms with Crippen LogP contribution in [-0.4, -0.2) is 39.6 Å². The molecule has 0 aliphatic carbocycles. The van der Waals surface area contributed by atoms with Crippen molar-refractivity contribution < 1.29 is 4.79 Å². The number of benzene rings is 1. The fraction of sp³-hybridized carbons (Fsp3) is 0.133. The summed E-state index contributed by atoms with van der Waals surface area (Å²) in [5, 5.41) is 4.14. The maximum atomic E-state index is 12.2. The maximum absolute atomic E-state index is 12.2. The Balaban J connectivity index is 1.98. The number of carbonyl (C=O) groups excluding carboxylic acids is 1. The molecule has 0 radical (unpaired) electrons. The fourth-order valence-corrected chi connectivity index (χ4v) is 2.18. The predicted octanol–water partition coefficient (Wildman–Crippen LogP) is 2.29. The molecule has 22 heavy (non-hydrogen) atoms. The molecule has 3 aromatic rings. The van der Waals surface area contributed by atoms with Crippen molar-refractivity contribution in [2.24, 2.45) is 0 Å². The fourth-order valence-electron chi connectivity index (χ4n) is 2.18. The predicted molar refractivity (Wildman–Crippen MR) is 86.1 cm³/mol. The Kier molecular flexibility index (Phi) is 3.38. The zero-order chi connectivity index (χ0) is 15.7. The molecule has 3 N–H and O–H groups in total. The van der Waals surface area contributed by atoms with Crippen LogP contribution in [0.25, 0.3) is 10.9 Å². The molecule has 7 nitrogen and oxygen atoms in total. The summed E-state index contributed by atoms with van der Waals surface area (Å²) in [5.41, 5.74) is 7.28. The molecule has 1 aromatic carbocycles. The van der Waals surface area contributed by atoms with Gasteiger partial charge in [0.2, 0.25) is 0 Å². The standard InChI is InChI=1S/C15H16N6O/c1-20(2)15(22)21-6-5-10-3-4-11(7-12(10)21)19-14-8-13(16)17-9-18-14/h3-9H,1-2H3,(H3,16,17,18,19). The molecule has 2 aromatic heterocycles. The normalized spacial score (nSPS) is 10.6. The lowest BCUT2D eigenvalue weighted by molar-refractivity contribution is 0.220. The summed E-state index contributed by atoms with van der Waals surface area (Å²) in [6, 6.07) is 9.22. The van der Waals surface area contributed by atoms with E-state index in [1.54, 1.807) is 30.9 Å². The van der Waals surface area contributed by atoms with Crippen molar-refractivity contribution in [2.75, 3.05) is 25.1 Å². The first kappa shape index (κ1) is 13.9. The lowest BCUT2D eigenvalue weighted by Crippen LogP contribution is -2.26. The summed E-state index contributed by atoms with van der Waals surface area (Å²) in [4.78, 5) is 21.7. The van der Waals surface area contributed by atoms with Gasteiger partial charge < -0.3 is 16.0 Å². The van der Waals surface area contributed by atoms with Crippen molar-refractivity contribution in [3.63, 3.8) is 0 Å². The summed E-state index contributed by atoms with van der Waals surface area (Å²) in [5.74, 6) is 0.994. The summed E-state index contributed by atoms with van der Waals surface area (Å²) in [6.07, 6.45) is 3.16. The Morgan fingerprint density at radius 3 is 2.77 bits per heavy atom. The molecule has 0 aliphatic rings. The van der Waals surface area contributed by atoms with E-state index in [0.717, 1.165) is 16.6 Å².